The van der Waals surface area contributed by atoms with Gasteiger partial charge in [-0.1, -0.05) is 48.0 Å². The van der Waals surface area contributed by atoms with Crippen molar-refractivity contribution < 1.29 is 26.5 Å². The van der Waals surface area contributed by atoms with Crippen LogP contribution >= 0.6 is 18.6 Å². The van der Waals surface area contributed by atoms with Gasteiger partial charge in [0.15, 0.2) is 0 Å². The number of nitrogens with zero attached hydrogens (tertiary/aromatic N) is 1. The van der Waals surface area contributed by atoms with Crippen LogP contribution in [0.25, 0.3) is 11.1 Å². The van der Waals surface area contributed by atoms with E-state index in [9.17, 15) is 9.50 Å². The summed E-state index contributed by atoms with van der Waals surface area (Å²) in [4.78, 5) is 4.28. The van der Waals surface area contributed by atoms with Crippen molar-refractivity contribution in [2.75, 3.05) is 0 Å². The average molecular weight is 424 g/mol. The number of phenols is 1. The topological polar surface area (TPSA) is 32.6 Å². The first-order valence-electron chi connectivity index (χ1n) is 7.70. The molecule has 0 amide bonds. The Hall–Kier alpha value is -1.65. The second kappa shape index (κ2) is 10.5. The summed E-state index contributed by atoms with van der Waals surface area (Å²) in [5, 5.41) is 10.5. The van der Waals surface area contributed by atoms with E-state index in [2.05, 4.69) is 4.99 Å². The summed E-state index contributed by atoms with van der Waals surface area (Å²) in [5.74, 6) is -0.386. The maximum atomic E-state index is 13.9. The van der Waals surface area contributed by atoms with E-state index >= 15 is 0 Å². The van der Waals surface area contributed by atoms with Crippen molar-refractivity contribution in [3.63, 3.8) is 0 Å². The molecule has 0 atom stereocenters. The van der Waals surface area contributed by atoms with Crippen molar-refractivity contribution in [3.8, 4) is 16.9 Å². The summed E-state index contributed by atoms with van der Waals surface area (Å²) in [6.07, 6.45) is 1.48. The van der Waals surface area contributed by atoms with E-state index < -0.39 is 22.8 Å². The van der Waals surface area contributed by atoms with Crippen LogP contribution < -0.4 is 0 Å². The molecule has 0 spiro atoms. The van der Waals surface area contributed by atoms with Gasteiger partial charge >= 0.3 is 35.6 Å². The van der Waals surface area contributed by atoms with Crippen molar-refractivity contribution in [2.45, 2.75) is 6.92 Å². The zero-order valence-electron chi connectivity index (χ0n) is 14.0. The van der Waals surface area contributed by atoms with Gasteiger partial charge in [0.1, 0.15) is 11.6 Å². The molecule has 3 aromatic rings. The predicted molar refractivity (Wildman–Crippen MR) is 104 cm³/mol. The molecule has 1 N–H and O–H groups in total. The SMILES string of the molecule is Cc1ccc(-c2cc(F)cc(C=Nc3ccccc3)c2O)cc1.[Cl][Ti][Cl]. The molecular weight excluding hydrogens is 408 g/mol. The Kier molecular flexibility index (Phi) is 8.34. The molecule has 3 rings (SSSR count). The van der Waals surface area contributed by atoms with E-state index in [1.807, 2.05) is 61.5 Å². The Morgan fingerprint density at radius 3 is 2.23 bits per heavy atom. The summed E-state index contributed by atoms with van der Waals surface area (Å²) < 4.78 is 13.9. The number of benzene rings is 3. The van der Waals surface area contributed by atoms with Crippen LogP contribution in [-0.2, 0) is 17.0 Å². The van der Waals surface area contributed by atoms with Crippen LogP contribution in [0.3, 0.4) is 0 Å². The molecule has 0 aliphatic heterocycles. The molecule has 0 saturated heterocycles. The molecule has 0 unspecified atom stereocenters. The van der Waals surface area contributed by atoms with Gasteiger partial charge in [0.2, 0.25) is 0 Å². The van der Waals surface area contributed by atoms with Crippen LogP contribution in [0.15, 0.2) is 71.7 Å². The molecule has 0 aliphatic rings. The van der Waals surface area contributed by atoms with Gasteiger partial charge in [-0.3, -0.25) is 4.99 Å². The molecule has 0 aliphatic carbocycles. The minimum absolute atomic E-state index is 0.0231. The molecule has 0 saturated carbocycles. The van der Waals surface area contributed by atoms with Crippen LogP contribution in [0.2, 0.25) is 0 Å². The fourth-order valence-electron chi connectivity index (χ4n) is 2.33. The van der Waals surface area contributed by atoms with Gasteiger partial charge in [0.25, 0.3) is 0 Å². The molecule has 0 aromatic heterocycles. The first-order valence-corrected chi connectivity index (χ1v) is 12.0. The van der Waals surface area contributed by atoms with Crippen LogP contribution in [-0.4, -0.2) is 11.3 Å². The van der Waals surface area contributed by atoms with Crippen LogP contribution in [0, 0.1) is 12.7 Å². The molecule has 26 heavy (non-hydrogen) atoms. The van der Waals surface area contributed by atoms with Crippen LogP contribution in [0.5, 0.6) is 5.75 Å². The minimum atomic E-state index is -0.556. The van der Waals surface area contributed by atoms with E-state index in [0.29, 0.717) is 11.1 Å². The van der Waals surface area contributed by atoms with Crippen molar-refractivity contribution in [3.05, 3.63) is 83.7 Å². The van der Waals surface area contributed by atoms with Gasteiger partial charge in [-0.05, 0) is 36.8 Å². The van der Waals surface area contributed by atoms with Crippen LogP contribution in [0.1, 0.15) is 11.1 Å². The zero-order valence-corrected chi connectivity index (χ0v) is 17.0. The molecule has 3 aromatic carbocycles. The molecular formula is C20H16Cl2FNOTi. The fraction of sp³-hybridized carbons (Fsp3) is 0.0500. The Balaban J connectivity index is 0.000000758. The molecule has 0 fully saturated rings. The summed E-state index contributed by atoms with van der Waals surface area (Å²) in [6, 6.07) is 19.5. The van der Waals surface area contributed by atoms with Gasteiger partial charge in [-0.25, -0.2) is 4.39 Å². The molecule has 132 valence electrons. The zero-order chi connectivity index (χ0) is 18.9. The average Bonchev–Trinajstić information content (AvgIpc) is 2.64. The number of hydrogen-bond acceptors (Lipinski definition) is 2. The summed E-state index contributed by atoms with van der Waals surface area (Å²) >= 11 is -0.556. The second-order valence-electron chi connectivity index (χ2n) is 5.42. The van der Waals surface area contributed by atoms with Crippen molar-refractivity contribution >= 4 is 30.5 Å². The van der Waals surface area contributed by atoms with Gasteiger partial charge in [0.05, 0.1) is 5.69 Å². The van der Waals surface area contributed by atoms with Crippen molar-refractivity contribution in [1.82, 2.24) is 0 Å². The van der Waals surface area contributed by atoms with Crippen molar-refractivity contribution in [1.29, 1.82) is 0 Å². The Morgan fingerprint density at radius 2 is 1.62 bits per heavy atom. The first-order chi connectivity index (χ1) is 12.5. The number of para-hydroxylation sites is 1. The molecule has 0 radical (unpaired) electrons. The number of halogens is 3. The third-order valence-electron chi connectivity index (χ3n) is 3.58. The Morgan fingerprint density at radius 1 is 1.00 bits per heavy atom. The Bertz CT molecular complexity index is 871. The van der Waals surface area contributed by atoms with E-state index in [0.717, 1.165) is 16.8 Å². The maximum absolute atomic E-state index is 13.9. The summed E-state index contributed by atoms with van der Waals surface area (Å²) in [5.41, 5.74) is 3.43. The fourth-order valence-corrected chi connectivity index (χ4v) is 2.33. The van der Waals surface area contributed by atoms with Gasteiger partial charge in [0, 0.05) is 17.3 Å². The number of aromatic hydroxyl groups is 1. The number of phenolic OH excluding ortho intramolecular Hbond substituents is 1. The van der Waals surface area contributed by atoms with Crippen LogP contribution in [0.4, 0.5) is 10.1 Å². The first kappa shape index (κ1) is 20.7. The van der Waals surface area contributed by atoms with Gasteiger partial charge in [-0.15, -0.1) is 0 Å². The normalized spacial score (nSPS) is 10.3. The van der Waals surface area contributed by atoms with E-state index in [4.69, 9.17) is 18.6 Å². The number of rotatable bonds is 3. The molecule has 2 nitrogen and oxygen atoms in total. The quantitative estimate of drug-likeness (QED) is 0.372. The standard InChI is InChI=1S/C20H16FNO.2ClH.Ti/c1-14-7-9-15(10-8-14)19-12-17(21)11-16(20(19)23)13-22-18-5-3-2-4-6-18;;;/h2-13,23H,1H3;2*1H;/q;;;+2/p-2. The number of aliphatic imine (C=N–C) groups is 1. The van der Waals surface area contributed by atoms with Crippen molar-refractivity contribution in [2.24, 2.45) is 4.99 Å². The third kappa shape index (κ3) is 5.96. The summed E-state index contributed by atoms with van der Waals surface area (Å²) in [7, 11) is 9.78. The number of hydrogen-bond donors (Lipinski definition) is 1. The summed E-state index contributed by atoms with van der Waals surface area (Å²) in [6.45, 7) is 1.98. The molecule has 0 heterocycles. The van der Waals surface area contributed by atoms with E-state index in [-0.39, 0.29) is 5.75 Å². The Labute approximate surface area is 169 Å². The van der Waals surface area contributed by atoms with E-state index in [1.165, 1.54) is 18.3 Å². The second-order valence-corrected chi connectivity index (χ2v) is 8.00. The number of aryl methyl sites for hydroxylation is 1. The molecule has 6 heteroatoms. The predicted octanol–water partition coefficient (Wildman–Crippen LogP) is 6.63. The van der Waals surface area contributed by atoms with Gasteiger partial charge in [-0.2, -0.15) is 0 Å². The van der Waals surface area contributed by atoms with E-state index in [1.54, 1.807) is 0 Å². The monoisotopic (exact) mass is 423 g/mol. The van der Waals surface area contributed by atoms with Gasteiger partial charge < -0.3 is 5.11 Å². The molecule has 0 bridgehead atoms. The third-order valence-corrected chi connectivity index (χ3v) is 3.58.